The molecule has 10 nitrogen and oxygen atoms in total. The predicted molar refractivity (Wildman–Crippen MR) is 113 cm³/mol. The fraction of sp³-hybridized carbons (Fsp3) is 0.250. The minimum absolute atomic E-state index is 0.0678. The van der Waals surface area contributed by atoms with E-state index in [9.17, 15) is 24.8 Å². The molecule has 0 aliphatic heterocycles. The Labute approximate surface area is 185 Å². The van der Waals surface area contributed by atoms with Crippen molar-refractivity contribution in [2.45, 2.75) is 26.9 Å². The number of benzene rings is 1. The molecule has 11 heteroatoms. The number of esters is 1. The molecule has 0 atom stereocenters. The molecule has 0 radical (unpaired) electrons. The molecule has 0 fully saturated rings. The number of ether oxygens (including phenoxy) is 1. The van der Waals surface area contributed by atoms with Crippen molar-refractivity contribution < 1.29 is 24.4 Å². The molecule has 31 heavy (non-hydrogen) atoms. The zero-order valence-electron chi connectivity index (χ0n) is 16.7. The lowest BCUT2D eigenvalue weighted by Crippen LogP contribution is -2.10. The summed E-state index contributed by atoms with van der Waals surface area (Å²) in [5, 5.41) is 25.4. The smallest absolute Gasteiger partial charge is 0.352 e. The van der Waals surface area contributed by atoms with Crippen LogP contribution in [0.1, 0.15) is 44.6 Å². The van der Waals surface area contributed by atoms with E-state index < -0.39 is 16.9 Å². The van der Waals surface area contributed by atoms with Crippen molar-refractivity contribution in [2.24, 2.45) is 0 Å². The number of aromatic nitrogens is 3. The molecule has 1 aromatic carbocycles. The third-order valence-corrected chi connectivity index (χ3v) is 4.99. The van der Waals surface area contributed by atoms with Gasteiger partial charge in [0.05, 0.1) is 30.2 Å². The van der Waals surface area contributed by atoms with E-state index >= 15 is 0 Å². The van der Waals surface area contributed by atoms with Crippen LogP contribution in [0.15, 0.2) is 41.1 Å². The minimum Gasteiger partial charge on any atom is -0.477 e. The summed E-state index contributed by atoms with van der Waals surface area (Å²) in [5.74, 6) is -1.91. The second-order valence-electron chi connectivity index (χ2n) is 6.75. The molecule has 3 aromatic rings. The number of hydrogen-bond donors (Lipinski definition) is 1. The van der Waals surface area contributed by atoms with Gasteiger partial charge in [0.15, 0.2) is 0 Å². The quantitative estimate of drug-likeness (QED) is 0.289. The molecule has 2 aromatic heterocycles. The Balaban J connectivity index is 1.94. The maximum atomic E-state index is 12.0. The Morgan fingerprint density at radius 1 is 1.26 bits per heavy atom. The van der Waals surface area contributed by atoms with Gasteiger partial charge in [-0.3, -0.25) is 14.8 Å². The molecule has 0 bridgehead atoms. The van der Waals surface area contributed by atoms with E-state index in [1.54, 1.807) is 23.7 Å². The van der Waals surface area contributed by atoms with Gasteiger partial charge in [-0.05, 0) is 47.5 Å². The van der Waals surface area contributed by atoms with E-state index in [0.717, 1.165) is 5.69 Å². The highest BCUT2D eigenvalue weighted by atomic mass is 79.9. The van der Waals surface area contributed by atoms with Gasteiger partial charge in [-0.2, -0.15) is 5.10 Å². The number of carbonyl (C=O) groups is 2. The molecule has 0 spiro atoms. The van der Waals surface area contributed by atoms with Crippen molar-refractivity contribution in [1.82, 2.24) is 14.3 Å². The largest absolute Gasteiger partial charge is 0.477 e. The number of nitro groups is 1. The topological polar surface area (TPSA) is 129 Å². The van der Waals surface area contributed by atoms with Crippen LogP contribution in [0.4, 0.5) is 5.69 Å². The molecule has 0 amide bonds. The second kappa shape index (κ2) is 9.13. The van der Waals surface area contributed by atoms with Crippen molar-refractivity contribution in [2.75, 3.05) is 6.61 Å². The molecule has 0 aliphatic rings. The normalized spacial score (nSPS) is 10.8. The van der Waals surface area contributed by atoms with Crippen molar-refractivity contribution in [1.29, 1.82) is 0 Å². The molecule has 162 valence electrons. The number of carboxylic acids is 1. The fourth-order valence-corrected chi connectivity index (χ4v) is 3.67. The van der Waals surface area contributed by atoms with Gasteiger partial charge in [0, 0.05) is 23.5 Å². The van der Waals surface area contributed by atoms with Gasteiger partial charge in [-0.15, -0.1) is 0 Å². The van der Waals surface area contributed by atoms with Crippen LogP contribution in [-0.4, -0.2) is 42.9 Å². The Bertz CT molecular complexity index is 1170. The first-order valence-electron chi connectivity index (χ1n) is 9.26. The molecule has 0 unspecified atom stereocenters. The summed E-state index contributed by atoms with van der Waals surface area (Å²) in [6.07, 6.45) is 1.32. The van der Waals surface area contributed by atoms with Gasteiger partial charge in [0.25, 0.3) is 5.69 Å². The first kappa shape index (κ1) is 22.2. The first-order valence-corrected chi connectivity index (χ1v) is 10.1. The lowest BCUT2D eigenvalue weighted by molar-refractivity contribution is -0.385. The second-order valence-corrected chi connectivity index (χ2v) is 7.57. The third-order valence-electron chi connectivity index (χ3n) is 4.60. The number of nitro benzene ring substituents is 1. The van der Waals surface area contributed by atoms with Crippen LogP contribution in [-0.2, 0) is 17.8 Å². The lowest BCUT2D eigenvalue weighted by atomic mass is 10.1. The SMILES string of the molecule is CCOC(=O)c1cc(C(=O)O)n(Cc2ccc(Cn3nc(Br)cc3C)cc2[N+](=O)[O-])c1. The van der Waals surface area contributed by atoms with Crippen LogP contribution in [0.5, 0.6) is 0 Å². The highest BCUT2D eigenvalue weighted by molar-refractivity contribution is 9.10. The minimum atomic E-state index is -1.26. The van der Waals surface area contributed by atoms with Crippen molar-refractivity contribution in [3.8, 4) is 0 Å². The van der Waals surface area contributed by atoms with E-state index in [0.29, 0.717) is 22.3 Å². The maximum absolute atomic E-state index is 12.0. The number of hydrogen-bond acceptors (Lipinski definition) is 6. The van der Waals surface area contributed by atoms with Crippen LogP contribution >= 0.6 is 15.9 Å². The van der Waals surface area contributed by atoms with Gasteiger partial charge in [-0.1, -0.05) is 12.1 Å². The number of halogens is 1. The number of nitrogens with zero attached hydrogens (tertiary/aromatic N) is 4. The summed E-state index contributed by atoms with van der Waals surface area (Å²) in [7, 11) is 0. The summed E-state index contributed by atoms with van der Waals surface area (Å²) >= 11 is 3.30. The van der Waals surface area contributed by atoms with E-state index in [1.165, 1.54) is 22.9 Å². The summed E-state index contributed by atoms with van der Waals surface area (Å²) in [6.45, 7) is 3.91. The molecule has 0 aliphatic carbocycles. The predicted octanol–water partition coefficient (Wildman–Crippen LogP) is 3.64. The number of carboxylic acid groups (broad SMARTS) is 1. The molecule has 0 saturated heterocycles. The first-order chi connectivity index (χ1) is 14.7. The van der Waals surface area contributed by atoms with Crippen molar-refractivity contribution in [3.63, 3.8) is 0 Å². The van der Waals surface area contributed by atoms with Gasteiger partial charge in [0.2, 0.25) is 0 Å². The molecular formula is C20H19BrN4O6. The van der Waals surface area contributed by atoms with Gasteiger partial charge >= 0.3 is 11.9 Å². The Hall–Kier alpha value is -3.47. The molecule has 1 N–H and O–H groups in total. The number of aryl methyl sites for hydroxylation is 1. The fourth-order valence-electron chi connectivity index (χ4n) is 3.14. The van der Waals surface area contributed by atoms with Gasteiger partial charge < -0.3 is 14.4 Å². The molecule has 0 saturated carbocycles. The zero-order chi connectivity index (χ0) is 22.7. The van der Waals surface area contributed by atoms with Crippen molar-refractivity contribution in [3.05, 3.63) is 79.3 Å². The van der Waals surface area contributed by atoms with Crippen LogP contribution in [0, 0.1) is 17.0 Å². The van der Waals surface area contributed by atoms with Gasteiger partial charge in [-0.25, -0.2) is 9.59 Å². The molecule has 3 rings (SSSR count). The van der Waals surface area contributed by atoms with E-state index in [-0.39, 0.29) is 30.1 Å². The number of carbonyl (C=O) groups excluding carboxylic acids is 1. The number of rotatable bonds is 8. The summed E-state index contributed by atoms with van der Waals surface area (Å²) in [5.41, 5.74) is 1.62. The standard InChI is InChI=1S/C20H19BrN4O6/c1-3-31-20(28)15-8-17(19(26)27)23(11-15)10-14-5-4-13(7-16(14)25(29)30)9-24-12(2)6-18(21)22-24/h4-8,11H,3,9-10H2,1-2H3,(H,26,27). The lowest BCUT2D eigenvalue weighted by Gasteiger charge is -2.10. The highest BCUT2D eigenvalue weighted by Gasteiger charge is 2.21. The monoisotopic (exact) mass is 490 g/mol. The van der Waals surface area contributed by atoms with E-state index in [2.05, 4.69) is 21.0 Å². The van der Waals surface area contributed by atoms with Crippen molar-refractivity contribution >= 4 is 33.6 Å². The average molecular weight is 491 g/mol. The van der Waals surface area contributed by atoms with Crippen LogP contribution in [0.3, 0.4) is 0 Å². The highest BCUT2D eigenvalue weighted by Crippen LogP contribution is 2.24. The van der Waals surface area contributed by atoms with E-state index in [1.807, 2.05) is 13.0 Å². The van der Waals surface area contributed by atoms with Crippen LogP contribution < -0.4 is 0 Å². The van der Waals surface area contributed by atoms with E-state index in [4.69, 9.17) is 4.74 Å². The average Bonchev–Trinajstić information content (AvgIpc) is 3.26. The van der Waals surface area contributed by atoms with Crippen LogP contribution in [0.2, 0.25) is 0 Å². The summed E-state index contributed by atoms with van der Waals surface area (Å²) < 4.78 is 8.57. The molecular weight excluding hydrogens is 472 g/mol. The molecule has 2 heterocycles. The Kier molecular flexibility index (Phi) is 6.54. The third kappa shape index (κ3) is 5.00. The maximum Gasteiger partial charge on any atom is 0.352 e. The Morgan fingerprint density at radius 3 is 2.58 bits per heavy atom. The summed E-state index contributed by atoms with van der Waals surface area (Å²) in [4.78, 5) is 34.7. The Morgan fingerprint density at radius 2 is 2.00 bits per heavy atom. The number of aromatic carboxylic acids is 1. The van der Waals surface area contributed by atoms with Crippen LogP contribution in [0.25, 0.3) is 0 Å². The summed E-state index contributed by atoms with van der Waals surface area (Å²) in [6, 6.07) is 7.79. The zero-order valence-corrected chi connectivity index (χ0v) is 18.3. The van der Waals surface area contributed by atoms with Gasteiger partial charge in [0.1, 0.15) is 10.3 Å².